The molecule has 1 saturated carbocycles. The summed E-state index contributed by atoms with van der Waals surface area (Å²) in [5, 5.41) is 0. The van der Waals surface area contributed by atoms with E-state index in [4.69, 9.17) is 0 Å². The predicted molar refractivity (Wildman–Crippen MR) is 44.0 cm³/mol. The minimum Gasteiger partial charge on any atom is -0.469 e. The van der Waals surface area contributed by atoms with Gasteiger partial charge in [-0.25, -0.2) is 0 Å². The van der Waals surface area contributed by atoms with Crippen LogP contribution in [0.2, 0.25) is 0 Å². The lowest BCUT2D eigenvalue weighted by Crippen LogP contribution is -2.22. The SMILES string of the molecule is COC(=O)C1CCC1.CSF. The van der Waals surface area contributed by atoms with Crippen LogP contribution in [0.3, 0.4) is 0 Å². The van der Waals surface area contributed by atoms with Gasteiger partial charge in [0.05, 0.1) is 13.0 Å². The lowest BCUT2D eigenvalue weighted by Gasteiger charge is -2.21. The quantitative estimate of drug-likeness (QED) is 0.579. The summed E-state index contributed by atoms with van der Waals surface area (Å²) >= 11 is 0.250. The molecular formula is C7H13FO2S. The Balaban J connectivity index is 0.000000292. The first-order chi connectivity index (χ1) is 5.26. The minimum absolute atomic E-state index is 0.0312. The fraction of sp³-hybridized carbons (Fsp3) is 0.857. The summed E-state index contributed by atoms with van der Waals surface area (Å²) in [5.41, 5.74) is 0. The molecule has 1 rings (SSSR count). The molecule has 0 radical (unpaired) electrons. The van der Waals surface area contributed by atoms with Crippen molar-refractivity contribution in [1.82, 2.24) is 0 Å². The Hall–Kier alpha value is -0.250. The molecule has 0 aromatic heterocycles. The van der Waals surface area contributed by atoms with Crippen molar-refractivity contribution in [2.24, 2.45) is 5.92 Å². The Bertz CT molecular complexity index is 115. The largest absolute Gasteiger partial charge is 0.469 e. The van der Waals surface area contributed by atoms with Gasteiger partial charge in [-0.2, -0.15) is 3.89 Å². The second-order valence-corrected chi connectivity index (χ2v) is 2.61. The van der Waals surface area contributed by atoms with E-state index in [0.717, 1.165) is 12.8 Å². The van der Waals surface area contributed by atoms with Crippen molar-refractivity contribution >= 4 is 18.1 Å². The minimum atomic E-state index is -0.0312. The molecule has 2 nitrogen and oxygen atoms in total. The zero-order chi connectivity index (χ0) is 8.69. The van der Waals surface area contributed by atoms with E-state index >= 15 is 0 Å². The van der Waals surface area contributed by atoms with Crippen LogP contribution in [-0.2, 0) is 9.53 Å². The molecule has 0 aliphatic heterocycles. The smallest absolute Gasteiger partial charge is 0.308 e. The zero-order valence-corrected chi connectivity index (χ0v) is 7.62. The summed E-state index contributed by atoms with van der Waals surface area (Å²) in [7, 11) is 1.45. The molecule has 0 spiro atoms. The van der Waals surface area contributed by atoms with Crippen molar-refractivity contribution in [3.8, 4) is 0 Å². The van der Waals surface area contributed by atoms with E-state index in [1.165, 1.54) is 19.8 Å². The van der Waals surface area contributed by atoms with Crippen molar-refractivity contribution in [3.05, 3.63) is 0 Å². The molecule has 0 atom stereocenters. The van der Waals surface area contributed by atoms with Crippen LogP contribution in [0.1, 0.15) is 19.3 Å². The third-order valence-electron chi connectivity index (χ3n) is 1.64. The Morgan fingerprint density at radius 3 is 2.18 bits per heavy atom. The van der Waals surface area contributed by atoms with Gasteiger partial charge in [-0.05, 0) is 12.8 Å². The second kappa shape index (κ2) is 6.46. The summed E-state index contributed by atoms with van der Waals surface area (Å²) in [5.74, 6) is 0.205. The number of ether oxygens (including phenoxy) is 1. The first-order valence-electron chi connectivity index (χ1n) is 3.48. The molecule has 0 aromatic rings. The second-order valence-electron chi connectivity index (χ2n) is 2.31. The number of methoxy groups -OCH3 is 1. The van der Waals surface area contributed by atoms with Crippen LogP contribution < -0.4 is 0 Å². The molecule has 0 N–H and O–H groups in total. The van der Waals surface area contributed by atoms with Crippen LogP contribution in [0.15, 0.2) is 0 Å². The number of rotatable bonds is 1. The van der Waals surface area contributed by atoms with Gasteiger partial charge in [-0.15, -0.1) is 0 Å². The Kier molecular flexibility index (Phi) is 6.31. The monoisotopic (exact) mass is 180 g/mol. The van der Waals surface area contributed by atoms with Crippen molar-refractivity contribution in [2.75, 3.05) is 13.4 Å². The Morgan fingerprint density at radius 2 is 2.09 bits per heavy atom. The van der Waals surface area contributed by atoms with Crippen LogP contribution in [0, 0.1) is 5.92 Å². The summed E-state index contributed by atoms with van der Waals surface area (Å²) in [4.78, 5) is 10.6. The number of carbonyl (C=O) groups excluding carboxylic acids is 1. The highest BCUT2D eigenvalue weighted by Gasteiger charge is 2.25. The number of halogens is 1. The van der Waals surface area contributed by atoms with Gasteiger partial charge in [0.25, 0.3) is 0 Å². The van der Waals surface area contributed by atoms with Crippen molar-refractivity contribution < 1.29 is 13.4 Å². The fourth-order valence-corrected chi connectivity index (χ4v) is 0.811. The highest BCUT2D eigenvalue weighted by molar-refractivity contribution is 7.93. The van der Waals surface area contributed by atoms with Gasteiger partial charge in [0, 0.05) is 18.4 Å². The first-order valence-corrected chi connectivity index (χ1v) is 4.61. The van der Waals surface area contributed by atoms with Gasteiger partial charge in [0.15, 0.2) is 0 Å². The zero-order valence-electron chi connectivity index (χ0n) is 6.80. The molecule has 4 heteroatoms. The van der Waals surface area contributed by atoms with Crippen LogP contribution in [-0.4, -0.2) is 19.3 Å². The average Bonchev–Trinajstić information content (AvgIpc) is 1.85. The molecule has 0 amide bonds. The van der Waals surface area contributed by atoms with Gasteiger partial charge in [-0.1, -0.05) is 6.42 Å². The van der Waals surface area contributed by atoms with E-state index in [-0.39, 0.29) is 24.0 Å². The topological polar surface area (TPSA) is 26.3 Å². The van der Waals surface area contributed by atoms with E-state index in [1.807, 2.05) is 0 Å². The van der Waals surface area contributed by atoms with Crippen LogP contribution in [0.5, 0.6) is 0 Å². The van der Waals surface area contributed by atoms with Crippen LogP contribution in [0.25, 0.3) is 0 Å². The summed E-state index contributed by atoms with van der Waals surface area (Å²) in [6.07, 6.45) is 4.64. The molecule has 11 heavy (non-hydrogen) atoms. The molecule has 1 aliphatic carbocycles. The number of esters is 1. The number of hydrogen-bond acceptors (Lipinski definition) is 3. The van der Waals surface area contributed by atoms with Crippen LogP contribution in [0.4, 0.5) is 3.89 Å². The van der Waals surface area contributed by atoms with E-state index in [9.17, 15) is 8.68 Å². The number of carbonyl (C=O) groups is 1. The lowest BCUT2D eigenvalue weighted by molar-refractivity contribution is -0.148. The Morgan fingerprint density at radius 1 is 1.64 bits per heavy atom. The molecule has 66 valence electrons. The molecule has 0 saturated heterocycles. The highest BCUT2D eigenvalue weighted by atomic mass is 32.2. The van der Waals surface area contributed by atoms with Crippen molar-refractivity contribution in [2.45, 2.75) is 19.3 Å². The standard InChI is InChI=1S/C6H10O2.CH3FS/c1-8-6(7)5-3-2-4-5;1-3-2/h5H,2-4H2,1H3;1H3. The fourth-order valence-electron chi connectivity index (χ4n) is 0.811. The number of hydrogen-bond donors (Lipinski definition) is 0. The van der Waals surface area contributed by atoms with Crippen molar-refractivity contribution in [1.29, 1.82) is 0 Å². The van der Waals surface area contributed by atoms with Gasteiger partial charge in [0.1, 0.15) is 0 Å². The van der Waals surface area contributed by atoms with Gasteiger partial charge >= 0.3 is 5.97 Å². The average molecular weight is 180 g/mol. The molecule has 0 heterocycles. The molecule has 0 bridgehead atoms. The molecule has 0 aromatic carbocycles. The highest BCUT2D eigenvalue weighted by Crippen LogP contribution is 2.26. The molecule has 1 fully saturated rings. The van der Waals surface area contributed by atoms with E-state index < -0.39 is 0 Å². The molecular weight excluding hydrogens is 167 g/mol. The first kappa shape index (κ1) is 10.8. The maximum atomic E-state index is 10.6. The van der Waals surface area contributed by atoms with E-state index in [0.29, 0.717) is 0 Å². The molecule has 1 aliphatic rings. The predicted octanol–water partition coefficient (Wildman–Crippen LogP) is 2.19. The summed E-state index contributed by atoms with van der Waals surface area (Å²) in [6.45, 7) is 0. The van der Waals surface area contributed by atoms with Gasteiger partial charge in [0.2, 0.25) is 0 Å². The summed E-state index contributed by atoms with van der Waals surface area (Å²) < 4.78 is 14.7. The maximum Gasteiger partial charge on any atom is 0.308 e. The van der Waals surface area contributed by atoms with Crippen molar-refractivity contribution in [3.63, 3.8) is 0 Å². The maximum absolute atomic E-state index is 10.6. The Labute approximate surface area is 70.8 Å². The van der Waals surface area contributed by atoms with E-state index in [2.05, 4.69) is 4.74 Å². The van der Waals surface area contributed by atoms with Gasteiger partial charge < -0.3 is 4.74 Å². The third kappa shape index (κ3) is 4.24. The summed E-state index contributed by atoms with van der Waals surface area (Å²) in [6, 6.07) is 0. The molecule has 0 unspecified atom stereocenters. The lowest BCUT2D eigenvalue weighted by atomic mass is 9.86. The van der Waals surface area contributed by atoms with Crippen LogP contribution >= 0.6 is 12.1 Å². The third-order valence-corrected chi connectivity index (χ3v) is 1.64. The van der Waals surface area contributed by atoms with Gasteiger partial charge in [-0.3, -0.25) is 4.79 Å². The normalized spacial score (nSPS) is 15.9. The van der Waals surface area contributed by atoms with E-state index in [1.54, 1.807) is 0 Å².